The monoisotopic (exact) mass is 266 g/mol. The molecule has 4 nitrogen and oxygen atoms in total. The predicted molar refractivity (Wildman–Crippen MR) is 69.6 cm³/mol. The van der Waals surface area contributed by atoms with Gasteiger partial charge in [0.25, 0.3) is 0 Å². The molecule has 2 aliphatic carbocycles. The molecule has 3 rings (SSSR count). The zero-order valence-corrected chi connectivity index (χ0v) is 11.6. The number of hydrogen-bond donors (Lipinski definition) is 2. The van der Waals surface area contributed by atoms with Gasteiger partial charge in [0.1, 0.15) is 0 Å². The van der Waals surface area contributed by atoms with Crippen molar-refractivity contribution in [1.82, 2.24) is 0 Å². The molecule has 0 unspecified atom stereocenters. The van der Waals surface area contributed by atoms with E-state index in [1.54, 1.807) is 0 Å². The highest BCUT2D eigenvalue weighted by Gasteiger charge is 2.61. The predicted octanol–water partition coefficient (Wildman–Crippen LogP) is 1.97. The van der Waals surface area contributed by atoms with E-state index in [2.05, 4.69) is 6.92 Å². The largest absolute Gasteiger partial charge is 0.478 e. The van der Waals surface area contributed by atoms with Gasteiger partial charge in [0.15, 0.2) is 0 Å². The van der Waals surface area contributed by atoms with Gasteiger partial charge in [0.2, 0.25) is 0 Å². The Morgan fingerprint density at radius 1 is 1.42 bits per heavy atom. The van der Waals surface area contributed by atoms with Crippen molar-refractivity contribution in [2.75, 3.05) is 6.61 Å². The molecule has 1 saturated carbocycles. The van der Waals surface area contributed by atoms with Gasteiger partial charge in [0, 0.05) is 11.5 Å². The van der Waals surface area contributed by atoms with E-state index in [1.165, 1.54) is 0 Å². The van der Waals surface area contributed by atoms with Gasteiger partial charge in [-0.1, -0.05) is 6.92 Å². The van der Waals surface area contributed by atoms with E-state index in [4.69, 9.17) is 4.74 Å². The van der Waals surface area contributed by atoms with Crippen LogP contribution in [0.5, 0.6) is 0 Å². The van der Waals surface area contributed by atoms with Gasteiger partial charge < -0.3 is 14.9 Å². The minimum absolute atomic E-state index is 0.0239. The second kappa shape index (κ2) is 4.06. The lowest BCUT2D eigenvalue weighted by molar-refractivity contribution is -0.134. The van der Waals surface area contributed by atoms with Crippen molar-refractivity contribution < 1.29 is 19.7 Å². The highest BCUT2D eigenvalue weighted by molar-refractivity contribution is 5.87. The lowest BCUT2D eigenvalue weighted by Gasteiger charge is -2.50. The van der Waals surface area contributed by atoms with Crippen LogP contribution >= 0.6 is 0 Å². The van der Waals surface area contributed by atoms with Gasteiger partial charge in [-0.05, 0) is 50.5 Å². The van der Waals surface area contributed by atoms with Gasteiger partial charge in [0.05, 0.1) is 17.8 Å². The van der Waals surface area contributed by atoms with E-state index in [-0.39, 0.29) is 5.92 Å². The van der Waals surface area contributed by atoms with Crippen LogP contribution in [0.4, 0.5) is 0 Å². The number of carboxylic acids is 1. The van der Waals surface area contributed by atoms with Crippen molar-refractivity contribution in [2.45, 2.75) is 50.7 Å². The highest BCUT2D eigenvalue weighted by Crippen LogP contribution is 2.57. The third kappa shape index (κ3) is 1.77. The standard InChI is InChI=1S/C15H22O4/c1-9-3-6-12-14(2,18)8-19-15(12)7-10(13(16)17)4-5-11(9)15/h7,9,11-12,18H,3-6,8H2,1-2H3,(H,16,17)/t9-,11+,12-,14+,15-/m1/s1. The van der Waals surface area contributed by atoms with Crippen LogP contribution in [0.25, 0.3) is 0 Å². The molecule has 1 saturated heterocycles. The number of carbonyl (C=O) groups is 1. The molecule has 0 bridgehead atoms. The first-order valence-electron chi connectivity index (χ1n) is 7.18. The molecular formula is C15H22O4. The van der Waals surface area contributed by atoms with E-state index in [0.29, 0.717) is 30.4 Å². The van der Waals surface area contributed by atoms with Gasteiger partial charge in [-0.3, -0.25) is 0 Å². The van der Waals surface area contributed by atoms with Crippen LogP contribution in [-0.2, 0) is 9.53 Å². The Kier molecular flexibility index (Phi) is 2.81. The van der Waals surface area contributed by atoms with Crippen molar-refractivity contribution >= 4 is 5.97 Å². The molecule has 5 atom stereocenters. The summed E-state index contributed by atoms with van der Waals surface area (Å²) in [6, 6.07) is 0. The molecule has 0 aromatic heterocycles. The maximum absolute atomic E-state index is 11.3. The fourth-order valence-corrected chi connectivity index (χ4v) is 4.52. The van der Waals surface area contributed by atoms with E-state index in [1.807, 2.05) is 13.0 Å². The summed E-state index contributed by atoms with van der Waals surface area (Å²) in [4.78, 5) is 11.3. The summed E-state index contributed by atoms with van der Waals surface area (Å²) < 4.78 is 6.02. The average molecular weight is 266 g/mol. The number of hydrogen-bond acceptors (Lipinski definition) is 3. The summed E-state index contributed by atoms with van der Waals surface area (Å²) >= 11 is 0. The van der Waals surface area contributed by atoms with Crippen LogP contribution in [-0.4, -0.2) is 34.0 Å². The number of aliphatic carboxylic acids is 1. The molecule has 1 spiro atoms. The fraction of sp³-hybridized carbons (Fsp3) is 0.800. The Balaban J connectivity index is 2.07. The lowest BCUT2D eigenvalue weighted by atomic mass is 9.57. The van der Waals surface area contributed by atoms with Crippen molar-refractivity contribution in [3.63, 3.8) is 0 Å². The minimum Gasteiger partial charge on any atom is -0.478 e. The SMILES string of the molecule is C[C@@H]1CC[C@H]2[C@]3(C=C(C(=O)O)CC[C@@H]13)OC[C@]2(C)O. The normalized spacial score (nSPS) is 49.2. The van der Waals surface area contributed by atoms with Crippen molar-refractivity contribution in [2.24, 2.45) is 17.8 Å². The highest BCUT2D eigenvalue weighted by atomic mass is 16.5. The quantitative estimate of drug-likeness (QED) is 0.761. The van der Waals surface area contributed by atoms with Crippen LogP contribution in [0.15, 0.2) is 11.6 Å². The van der Waals surface area contributed by atoms with Crippen molar-refractivity contribution in [3.8, 4) is 0 Å². The summed E-state index contributed by atoms with van der Waals surface area (Å²) in [6.45, 7) is 4.35. The third-order valence-electron chi connectivity index (χ3n) is 5.49. The number of aliphatic hydroxyl groups is 1. The summed E-state index contributed by atoms with van der Waals surface area (Å²) in [5.41, 5.74) is -0.934. The van der Waals surface area contributed by atoms with E-state index >= 15 is 0 Å². The van der Waals surface area contributed by atoms with Crippen LogP contribution < -0.4 is 0 Å². The molecule has 106 valence electrons. The van der Waals surface area contributed by atoms with Gasteiger partial charge in [-0.15, -0.1) is 0 Å². The maximum Gasteiger partial charge on any atom is 0.331 e. The molecular weight excluding hydrogens is 244 g/mol. The second-order valence-corrected chi connectivity index (χ2v) is 6.73. The van der Waals surface area contributed by atoms with Gasteiger partial charge in [-0.2, -0.15) is 0 Å². The Hall–Kier alpha value is -0.870. The van der Waals surface area contributed by atoms with Gasteiger partial charge in [-0.25, -0.2) is 4.79 Å². The Labute approximate surface area is 113 Å². The summed E-state index contributed by atoms with van der Waals surface area (Å²) in [5.74, 6) is 0.0378. The van der Waals surface area contributed by atoms with E-state index < -0.39 is 17.2 Å². The topological polar surface area (TPSA) is 66.8 Å². The molecule has 3 aliphatic rings. The molecule has 0 aromatic carbocycles. The fourth-order valence-electron chi connectivity index (χ4n) is 4.52. The number of rotatable bonds is 1. The Morgan fingerprint density at radius 2 is 2.16 bits per heavy atom. The van der Waals surface area contributed by atoms with Crippen LogP contribution in [0.3, 0.4) is 0 Å². The number of ether oxygens (including phenoxy) is 1. The zero-order chi connectivity index (χ0) is 13.8. The molecule has 0 radical (unpaired) electrons. The summed E-state index contributed by atoms with van der Waals surface area (Å²) in [6.07, 6.45) is 5.29. The van der Waals surface area contributed by atoms with Crippen LogP contribution in [0, 0.1) is 17.8 Å². The van der Waals surface area contributed by atoms with E-state index in [0.717, 1.165) is 19.3 Å². The van der Waals surface area contributed by atoms with Gasteiger partial charge >= 0.3 is 5.97 Å². The van der Waals surface area contributed by atoms with Crippen LogP contribution in [0.1, 0.15) is 39.5 Å². The molecule has 0 aromatic rings. The Morgan fingerprint density at radius 3 is 2.84 bits per heavy atom. The molecule has 4 heteroatoms. The maximum atomic E-state index is 11.3. The molecule has 1 heterocycles. The smallest absolute Gasteiger partial charge is 0.331 e. The first-order chi connectivity index (χ1) is 8.87. The first kappa shape index (κ1) is 13.1. The Bertz CT molecular complexity index is 439. The molecule has 19 heavy (non-hydrogen) atoms. The van der Waals surface area contributed by atoms with Crippen molar-refractivity contribution in [1.29, 1.82) is 0 Å². The second-order valence-electron chi connectivity index (χ2n) is 6.73. The average Bonchev–Trinajstić information content (AvgIpc) is 2.60. The molecule has 1 aliphatic heterocycles. The molecule has 2 N–H and O–H groups in total. The lowest BCUT2D eigenvalue weighted by Crippen LogP contribution is -2.54. The zero-order valence-electron chi connectivity index (χ0n) is 11.6. The van der Waals surface area contributed by atoms with Crippen molar-refractivity contribution in [3.05, 3.63) is 11.6 Å². The third-order valence-corrected chi connectivity index (χ3v) is 5.49. The van der Waals surface area contributed by atoms with Crippen LogP contribution in [0.2, 0.25) is 0 Å². The molecule has 2 fully saturated rings. The molecule has 0 amide bonds. The number of carboxylic acid groups (broad SMARTS) is 1. The summed E-state index contributed by atoms with van der Waals surface area (Å²) in [7, 11) is 0. The first-order valence-corrected chi connectivity index (χ1v) is 7.18. The summed E-state index contributed by atoms with van der Waals surface area (Å²) in [5, 5.41) is 19.8. The minimum atomic E-state index is -0.847. The van der Waals surface area contributed by atoms with E-state index in [9.17, 15) is 15.0 Å².